The summed E-state index contributed by atoms with van der Waals surface area (Å²) in [6.45, 7) is 2.39. The first-order valence-corrected chi connectivity index (χ1v) is 23.3. The third kappa shape index (κ3) is 7.99. The first-order chi connectivity index (χ1) is 32.9. The molecule has 3 saturated heterocycles. The van der Waals surface area contributed by atoms with Crippen molar-refractivity contribution < 1.29 is 32.3 Å². The van der Waals surface area contributed by atoms with Crippen LogP contribution < -0.4 is 20.4 Å². The lowest BCUT2D eigenvalue weighted by atomic mass is 9.85. The number of imidazole rings is 1. The topological polar surface area (TPSA) is 185 Å². The molecule has 350 valence electrons. The van der Waals surface area contributed by atoms with Gasteiger partial charge in [-0.25, -0.2) is 32.9 Å². The van der Waals surface area contributed by atoms with Crippen molar-refractivity contribution >= 4 is 73.7 Å². The maximum absolute atomic E-state index is 15.9. The summed E-state index contributed by atoms with van der Waals surface area (Å²) in [7, 11) is 1.68. The molecule has 9 heterocycles. The smallest absolute Gasteiger partial charge is 0.329 e. The zero-order valence-corrected chi connectivity index (χ0v) is 37.6. The summed E-state index contributed by atoms with van der Waals surface area (Å²) in [6.07, 6.45) is 8.53. The largest absolute Gasteiger partial charge is 0.353 e. The molecule has 11 rings (SSSR count). The van der Waals surface area contributed by atoms with E-state index in [1.165, 1.54) is 31.9 Å². The number of hydrogen-bond donors (Lipinski definition) is 2. The summed E-state index contributed by atoms with van der Waals surface area (Å²) in [5.41, 5.74) is 4.15. The molecular formula is C46H45F3N14O4S. The number of piperidine rings is 1. The number of urea groups is 1. The molecule has 3 fully saturated rings. The van der Waals surface area contributed by atoms with Crippen LogP contribution in [0.2, 0.25) is 0 Å². The molecule has 0 spiro atoms. The number of carbonyl (C=O) groups excluding carboxylic acids is 4. The van der Waals surface area contributed by atoms with Gasteiger partial charge in [0.15, 0.2) is 17.0 Å². The van der Waals surface area contributed by atoms with Crippen LogP contribution in [-0.4, -0.2) is 131 Å². The Morgan fingerprint density at radius 2 is 1.79 bits per heavy atom. The molecule has 0 radical (unpaired) electrons. The predicted molar refractivity (Wildman–Crippen MR) is 246 cm³/mol. The fourth-order valence-electron chi connectivity index (χ4n) is 9.97. The summed E-state index contributed by atoms with van der Waals surface area (Å²) >= 11 is 1.29. The van der Waals surface area contributed by atoms with Crippen LogP contribution in [0, 0.1) is 5.82 Å². The molecule has 4 aliphatic heterocycles. The number of halogens is 3. The summed E-state index contributed by atoms with van der Waals surface area (Å²) in [4.78, 5) is 71.6. The van der Waals surface area contributed by atoms with Crippen molar-refractivity contribution in [2.24, 2.45) is 7.05 Å². The lowest BCUT2D eigenvalue weighted by molar-refractivity contribution is -0.136. The number of piperazine rings is 1. The Bertz CT molecular complexity index is 3110. The van der Waals surface area contributed by atoms with Crippen LogP contribution in [0.15, 0.2) is 72.8 Å². The Hall–Kier alpha value is -7.20. The monoisotopic (exact) mass is 946 g/mol. The Kier molecular flexibility index (Phi) is 10.9. The van der Waals surface area contributed by atoms with Gasteiger partial charge in [-0.05, 0) is 73.3 Å². The molecule has 4 aliphatic rings. The van der Waals surface area contributed by atoms with Crippen molar-refractivity contribution in [3.63, 3.8) is 0 Å². The van der Waals surface area contributed by atoms with Gasteiger partial charge in [0.2, 0.25) is 11.8 Å². The predicted octanol–water partition coefficient (Wildman–Crippen LogP) is 5.17. The highest BCUT2D eigenvalue weighted by atomic mass is 32.1. The minimum atomic E-state index is -3.11. The number of anilines is 3. The fraction of sp³-hybridized carbons (Fsp3) is 0.370. The number of amides is 5. The average molecular weight is 947 g/mol. The highest BCUT2D eigenvalue weighted by molar-refractivity contribution is 7.13. The first-order valence-electron chi connectivity index (χ1n) is 22.5. The number of aromatic nitrogens is 8. The van der Waals surface area contributed by atoms with E-state index in [-0.39, 0.29) is 49.0 Å². The molecule has 0 aliphatic carbocycles. The third-order valence-corrected chi connectivity index (χ3v) is 14.1. The van der Waals surface area contributed by atoms with Crippen molar-refractivity contribution in [1.29, 1.82) is 0 Å². The Labute approximate surface area is 390 Å². The number of rotatable bonds is 10. The molecular weight excluding hydrogens is 902 g/mol. The molecule has 22 heteroatoms. The van der Waals surface area contributed by atoms with Gasteiger partial charge in [0, 0.05) is 93.4 Å². The van der Waals surface area contributed by atoms with Crippen LogP contribution >= 0.6 is 11.3 Å². The fourth-order valence-corrected chi connectivity index (χ4v) is 10.5. The summed E-state index contributed by atoms with van der Waals surface area (Å²) in [5.74, 6) is -4.59. The SMILES string of the molecule is Cn1nc(N2CCC(=O)NC2=O)c2ccc(C3CCN(CC(=O)N4CCN(c5ccc(-c6cc(F)c7cn(C(C(=O)Nc8nccs8)c8ncn9c8CCC9)nc7c6)cn5)CC4)CC3(F)F)cc21. The van der Waals surface area contributed by atoms with E-state index in [9.17, 15) is 19.2 Å². The van der Waals surface area contributed by atoms with Gasteiger partial charge in [-0.3, -0.25) is 44.2 Å². The average Bonchev–Trinajstić information content (AvgIpc) is 4.18. The third-order valence-electron chi connectivity index (χ3n) is 13.5. The number of benzene rings is 2. The number of thiazole rings is 1. The minimum absolute atomic E-state index is 0.120. The standard InChI is InChI=1S/C46H45F3N14O4S/c1-57-36-21-27(4-6-30(36)42(56-57)62-13-9-38(64)53-45(62)67)32-8-12-58(25-46(32,48)49)24-39(65)60-16-14-59(15-17-60)37-7-5-28(22-51-37)29-19-33(47)31-23-63(55-34(31)20-29)41(43(66)54-44-50-10-18-68-44)40-35-3-2-11-61(35)26-52-40/h4-7,10,18-23,26,32,41H,2-3,8-9,11-17,24-25H2,1H3,(H,50,54,66)(H,53,64,67). The lowest BCUT2D eigenvalue weighted by Gasteiger charge is -2.40. The quantitative estimate of drug-likeness (QED) is 0.185. The number of fused-ring (bicyclic) bond motifs is 3. The number of aryl methyl sites for hydroxylation is 2. The normalized spacial score (nSPS) is 19.2. The highest BCUT2D eigenvalue weighted by Gasteiger charge is 2.46. The molecule has 5 amide bonds. The molecule has 7 aromatic rings. The number of likely N-dealkylation sites (tertiary alicyclic amines) is 1. The minimum Gasteiger partial charge on any atom is -0.353 e. The van der Waals surface area contributed by atoms with Crippen LogP contribution in [0.25, 0.3) is 32.9 Å². The number of hydrogen-bond acceptors (Lipinski definition) is 12. The molecule has 2 N–H and O–H groups in total. The van der Waals surface area contributed by atoms with E-state index in [4.69, 9.17) is 5.10 Å². The van der Waals surface area contributed by atoms with Crippen LogP contribution in [-0.2, 0) is 34.4 Å². The molecule has 2 aromatic carbocycles. The van der Waals surface area contributed by atoms with E-state index in [0.717, 1.165) is 25.1 Å². The van der Waals surface area contributed by atoms with Crippen molar-refractivity contribution in [3.05, 3.63) is 95.5 Å². The van der Waals surface area contributed by atoms with E-state index < -0.39 is 36.3 Å². The molecule has 2 atom stereocenters. The number of pyridine rings is 1. The van der Waals surface area contributed by atoms with E-state index in [1.54, 1.807) is 71.2 Å². The summed E-state index contributed by atoms with van der Waals surface area (Å²) in [5, 5.41) is 17.4. The van der Waals surface area contributed by atoms with Gasteiger partial charge >= 0.3 is 6.03 Å². The van der Waals surface area contributed by atoms with Gasteiger partial charge in [-0.15, -0.1) is 11.3 Å². The molecule has 0 saturated carbocycles. The molecule has 2 unspecified atom stereocenters. The summed E-state index contributed by atoms with van der Waals surface area (Å²) < 4.78 is 52.7. The molecule has 5 aromatic heterocycles. The van der Waals surface area contributed by atoms with Crippen LogP contribution in [0.5, 0.6) is 0 Å². The number of nitrogens with one attached hydrogen (secondary N) is 2. The lowest BCUT2D eigenvalue weighted by Crippen LogP contribution is -2.54. The van der Waals surface area contributed by atoms with Gasteiger partial charge in [-0.1, -0.05) is 6.07 Å². The van der Waals surface area contributed by atoms with Crippen LogP contribution in [0.4, 0.5) is 34.7 Å². The van der Waals surface area contributed by atoms with Crippen LogP contribution in [0.1, 0.15) is 48.2 Å². The Morgan fingerprint density at radius 3 is 2.56 bits per heavy atom. The van der Waals surface area contributed by atoms with Crippen LogP contribution in [0.3, 0.4) is 0 Å². The van der Waals surface area contributed by atoms with E-state index >= 15 is 13.2 Å². The van der Waals surface area contributed by atoms with Crippen molar-refractivity contribution in [2.75, 3.05) is 67.5 Å². The second kappa shape index (κ2) is 17.1. The zero-order chi connectivity index (χ0) is 46.8. The van der Waals surface area contributed by atoms with Crippen molar-refractivity contribution in [3.8, 4) is 11.1 Å². The number of carbonyl (C=O) groups is 4. The van der Waals surface area contributed by atoms with Gasteiger partial charge in [0.1, 0.15) is 11.6 Å². The molecule has 18 nitrogen and oxygen atoms in total. The molecule has 0 bridgehead atoms. The number of alkyl halides is 2. The summed E-state index contributed by atoms with van der Waals surface area (Å²) in [6, 6.07) is 10.4. The number of nitrogens with zero attached hydrogens (tertiary/aromatic N) is 12. The maximum Gasteiger partial charge on any atom is 0.329 e. The first kappa shape index (κ1) is 43.4. The van der Waals surface area contributed by atoms with Crippen molar-refractivity contribution in [2.45, 2.75) is 50.1 Å². The van der Waals surface area contributed by atoms with Gasteiger partial charge in [0.25, 0.3) is 11.8 Å². The van der Waals surface area contributed by atoms with E-state index in [1.807, 2.05) is 21.6 Å². The van der Waals surface area contributed by atoms with Crippen molar-refractivity contribution in [1.82, 2.24) is 54.2 Å². The molecule has 68 heavy (non-hydrogen) atoms. The highest BCUT2D eigenvalue weighted by Crippen LogP contribution is 2.42. The maximum atomic E-state index is 15.9. The van der Waals surface area contributed by atoms with E-state index in [2.05, 4.69) is 30.7 Å². The van der Waals surface area contributed by atoms with Gasteiger partial charge < -0.3 is 14.4 Å². The number of imide groups is 1. The Balaban J connectivity index is 0.713. The second-order valence-corrected chi connectivity index (χ2v) is 18.6. The Morgan fingerprint density at radius 1 is 0.941 bits per heavy atom. The zero-order valence-electron chi connectivity index (χ0n) is 36.8. The van der Waals surface area contributed by atoms with Gasteiger partial charge in [0.05, 0.1) is 47.4 Å². The van der Waals surface area contributed by atoms with Gasteiger partial charge in [-0.2, -0.15) is 10.2 Å². The second-order valence-electron chi connectivity index (χ2n) is 17.7. The van der Waals surface area contributed by atoms with E-state index in [0.29, 0.717) is 88.3 Å².